The molecule has 0 aliphatic carbocycles. The van der Waals surface area contributed by atoms with E-state index in [2.05, 4.69) is 9.97 Å². The molecule has 88 valence electrons. The fourth-order valence-corrected chi connectivity index (χ4v) is 1.09. The van der Waals surface area contributed by atoms with Gasteiger partial charge in [-0.2, -0.15) is 0 Å². The van der Waals surface area contributed by atoms with Gasteiger partial charge in [-0.1, -0.05) is 0 Å². The number of H-pyrrole nitrogens is 1. The number of ether oxygens (including phenoxy) is 2. The molecule has 0 amide bonds. The number of carbonyl (C=O) groups excluding carboxylic acids is 2. The number of esters is 2. The Morgan fingerprint density at radius 3 is 2.38 bits per heavy atom. The zero-order valence-corrected chi connectivity index (χ0v) is 9.07. The van der Waals surface area contributed by atoms with Gasteiger partial charge in [-0.25, -0.2) is 14.6 Å². The summed E-state index contributed by atoms with van der Waals surface area (Å²) in [5.74, 6) is -1.43. The quantitative estimate of drug-likeness (QED) is 0.718. The molecule has 0 saturated carbocycles. The number of imidazole rings is 1. The Labute approximate surface area is 91.9 Å². The largest absolute Gasteiger partial charge is 0.461 e. The third-order valence-electron chi connectivity index (χ3n) is 1.67. The Bertz CT molecular complexity index is 364. The lowest BCUT2D eigenvalue weighted by Crippen LogP contribution is -2.13. The minimum atomic E-state index is -0.710. The first-order valence-electron chi connectivity index (χ1n) is 4.79. The summed E-state index contributed by atoms with van der Waals surface area (Å²) in [6.07, 6.45) is 0. The number of rotatable bonds is 4. The van der Waals surface area contributed by atoms with E-state index in [9.17, 15) is 9.59 Å². The van der Waals surface area contributed by atoms with E-state index in [1.165, 1.54) is 0 Å². The van der Waals surface area contributed by atoms with Crippen LogP contribution < -0.4 is 5.73 Å². The van der Waals surface area contributed by atoms with Crippen LogP contribution in [0.25, 0.3) is 0 Å². The van der Waals surface area contributed by atoms with Crippen LogP contribution >= 0.6 is 0 Å². The minimum Gasteiger partial charge on any atom is -0.461 e. The topological polar surface area (TPSA) is 107 Å². The molecule has 0 fully saturated rings. The summed E-state index contributed by atoms with van der Waals surface area (Å²) < 4.78 is 9.46. The van der Waals surface area contributed by atoms with E-state index >= 15 is 0 Å². The van der Waals surface area contributed by atoms with E-state index in [1.54, 1.807) is 13.8 Å². The van der Waals surface area contributed by atoms with Gasteiger partial charge in [-0.05, 0) is 13.8 Å². The smallest absolute Gasteiger partial charge is 0.359 e. The summed E-state index contributed by atoms with van der Waals surface area (Å²) in [7, 11) is 0. The lowest BCUT2D eigenvalue weighted by atomic mass is 10.3. The van der Waals surface area contributed by atoms with Crippen LogP contribution in [0.3, 0.4) is 0 Å². The molecule has 1 aromatic rings. The van der Waals surface area contributed by atoms with Crippen molar-refractivity contribution in [3.05, 3.63) is 11.4 Å². The molecule has 0 aliphatic rings. The molecule has 0 aliphatic heterocycles. The second kappa shape index (κ2) is 5.15. The number of hydrogen-bond acceptors (Lipinski definition) is 6. The Kier molecular flexibility index (Phi) is 3.87. The Hall–Kier alpha value is -2.05. The molecule has 1 heterocycles. The van der Waals surface area contributed by atoms with Gasteiger partial charge in [0.15, 0.2) is 17.3 Å². The van der Waals surface area contributed by atoms with E-state index in [4.69, 9.17) is 15.2 Å². The maximum Gasteiger partial charge on any atom is 0.359 e. The van der Waals surface area contributed by atoms with Crippen molar-refractivity contribution in [1.82, 2.24) is 9.97 Å². The van der Waals surface area contributed by atoms with Gasteiger partial charge in [0.05, 0.1) is 13.2 Å². The second-order valence-electron chi connectivity index (χ2n) is 2.79. The summed E-state index contributed by atoms with van der Waals surface area (Å²) in [5, 5.41) is 0. The molecule has 7 nitrogen and oxygen atoms in total. The van der Waals surface area contributed by atoms with Crippen molar-refractivity contribution in [3.8, 4) is 0 Å². The molecular formula is C9H13N3O4. The van der Waals surface area contributed by atoms with Crippen LogP contribution in [0.4, 0.5) is 5.95 Å². The van der Waals surface area contributed by atoms with Crippen molar-refractivity contribution in [2.24, 2.45) is 0 Å². The fourth-order valence-electron chi connectivity index (χ4n) is 1.09. The van der Waals surface area contributed by atoms with Gasteiger partial charge in [-0.3, -0.25) is 0 Å². The van der Waals surface area contributed by atoms with Crippen LogP contribution in [0.1, 0.15) is 34.8 Å². The summed E-state index contributed by atoms with van der Waals surface area (Å²) in [6, 6.07) is 0. The van der Waals surface area contributed by atoms with Crippen molar-refractivity contribution in [2.45, 2.75) is 13.8 Å². The van der Waals surface area contributed by atoms with Gasteiger partial charge in [0.2, 0.25) is 0 Å². The summed E-state index contributed by atoms with van der Waals surface area (Å²) in [4.78, 5) is 29.0. The third-order valence-corrected chi connectivity index (χ3v) is 1.67. The summed E-state index contributed by atoms with van der Waals surface area (Å²) in [6.45, 7) is 3.69. The fraction of sp³-hybridized carbons (Fsp3) is 0.444. The van der Waals surface area contributed by atoms with Crippen LogP contribution in [-0.4, -0.2) is 35.1 Å². The van der Waals surface area contributed by atoms with Crippen LogP contribution in [0.5, 0.6) is 0 Å². The number of nitrogens with zero attached hydrogens (tertiary/aromatic N) is 1. The van der Waals surface area contributed by atoms with Gasteiger partial charge >= 0.3 is 11.9 Å². The van der Waals surface area contributed by atoms with Crippen molar-refractivity contribution in [3.63, 3.8) is 0 Å². The zero-order valence-electron chi connectivity index (χ0n) is 9.07. The molecule has 0 spiro atoms. The van der Waals surface area contributed by atoms with Crippen LogP contribution in [0.2, 0.25) is 0 Å². The predicted octanol–water partition coefficient (Wildman–Crippen LogP) is 0.345. The zero-order chi connectivity index (χ0) is 12.1. The number of carbonyl (C=O) groups is 2. The number of aromatic amines is 1. The lowest BCUT2D eigenvalue weighted by Gasteiger charge is -2.01. The van der Waals surface area contributed by atoms with E-state index in [-0.39, 0.29) is 30.5 Å². The number of nitrogen functional groups attached to an aromatic ring is 1. The normalized spacial score (nSPS) is 9.88. The molecule has 16 heavy (non-hydrogen) atoms. The number of anilines is 1. The molecule has 1 rings (SSSR count). The molecule has 0 radical (unpaired) electrons. The van der Waals surface area contributed by atoms with E-state index < -0.39 is 11.9 Å². The molecule has 1 aromatic heterocycles. The molecule has 0 aromatic carbocycles. The molecule has 0 unspecified atom stereocenters. The highest BCUT2D eigenvalue weighted by atomic mass is 16.5. The third kappa shape index (κ3) is 2.50. The van der Waals surface area contributed by atoms with E-state index in [0.29, 0.717) is 0 Å². The molecule has 7 heteroatoms. The second-order valence-corrected chi connectivity index (χ2v) is 2.79. The lowest BCUT2D eigenvalue weighted by molar-refractivity contribution is 0.0471. The van der Waals surface area contributed by atoms with Gasteiger partial charge in [-0.15, -0.1) is 0 Å². The number of hydrogen-bond donors (Lipinski definition) is 2. The highest BCUT2D eigenvalue weighted by molar-refractivity contribution is 6.01. The van der Waals surface area contributed by atoms with E-state index in [0.717, 1.165) is 0 Å². The standard InChI is InChI=1S/C9H13N3O4/c1-3-15-7(13)5-6(8(14)16-4-2)12-9(10)11-5/h3-4H2,1-2H3,(H3,10,11,12). The first-order valence-corrected chi connectivity index (χ1v) is 4.79. The van der Waals surface area contributed by atoms with Crippen molar-refractivity contribution >= 4 is 17.9 Å². The highest BCUT2D eigenvalue weighted by Gasteiger charge is 2.23. The van der Waals surface area contributed by atoms with Crippen LogP contribution in [0.15, 0.2) is 0 Å². The monoisotopic (exact) mass is 227 g/mol. The Balaban J connectivity index is 2.99. The Morgan fingerprint density at radius 1 is 1.25 bits per heavy atom. The van der Waals surface area contributed by atoms with Crippen LogP contribution in [0, 0.1) is 0 Å². The maximum atomic E-state index is 11.4. The molecule has 0 bridgehead atoms. The van der Waals surface area contributed by atoms with Crippen LogP contribution in [-0.2, 0) is 9.47 Å². The number of aromatic nitrogens is 2. The van der Waals surface area contributed by atoms with Gasteiger partial charge in [0.1, 0.15) is 0 Å². The average molecular weight is 227 g/mol. The number of nitrogens with two attached hydrogens (primary N) is 1. The van der Waals surface area contributed by atoms with E-state index in [1.807, 2.05) is 0 Å². The first kappa shape index (κ1) is 12.0. The van der Waals surface area contributed by atoms with Crippen molar-refractivity contribution in [1.29, 1.82) is 0 Å². The van der Waals surface area contributed by atoms with Gasteiger partial charge < -0.3 is 20.2 Å². The first-order chi connectivity index (χ1) is 7.60. The van der Waals surface area contributed by atoms with Gasteiger partial charge in [0, 0.05) is 0 Å². The molecule has 0 atom stereocenters. The summed E-state index contributed by atoms with van der Waals surface area (Å²) >= 11 is 0. The van der Waals surface area contributed by atoms with Crippen molar-refractivity contribution < 1.29 is 19.1 Å². The number of nitrogens with one attached hydrogen (secondary N) is 1. The SMILES string of the molecule is CCOC(=O)c1nc(N)[nH]c1C(=O)OCC. The van der Waals surface area contributed by atoms with Crippen molar-refractivity contribution in [2.75, 3.05) is 18.9 Å². The average Bonchev–Trinajstić information content (AvgIpc) is 2.61. The highest BCUT2D eigenvalue weighted by Crippen LogP contribution is 2.10. The molecule has 0 saturated heterocycles. The summed E-state index contributed by atoms with van der Waals surface area (Å²) in [5.41, 5.74) is 5.12. The minimum absolute atomic E-state index is 0.0360. The maximum absolute atomic E-state index is 11.4. The molecular weight excluding hydrogens is 214 g/mol. The van der Waals surface area contributed by atoms with Gasteiger partial charge in [0.25, 0.3) is 0 Å². The Morgan fingerprint density at radius 2 is 1.81 bits per heavy atom. The predicted molar refractivity (Wildman–Crippen MR) is 54.9 cm³/mol. The molecule has 3 N–H and O–H groups in total.